The second kappa shape index (κ2) is 7.81. The molecule has 158 valence electrons. The Morgan fingerprint density at radius 3 is 2.45 bits per heavy atom. The van der Waals surface area contributed by atoms with Gasteiger partial charge < -0.3 is 10.6 Å². The lowest BCUT2D eigenvalue weighted by Crippen LogP contribution is -2.51. The number of urea groups is 1. The van der Waals surface area contributed by atoms with E-state index >= 15 is 0 Å². The van der Waals surface area contributed by atoms with Crippen LogP contribution in [-0.4, -0.2) is 34.8 Å². The van der Waals surface area contributed by atoms with Crippen molar-refractivity contribution in [3.8, 4) is 0 Å². The molecule has 1 saturated carbocycles. The van der Waals surface area contributed by atoms with Crippen molar-refractivity contribution in [2.75, 3.05) is 6.54 Å². The van der Waals surface area contributed by atoms with Gasteiger partial charge in [-0.05, 0) is 62.0 Å². The molecule has 0 atom stereocenters. The lowest BCUT2D eigenvalue weighted by molar-refractivity contribution is -0.136. The number of nitrogens with zero attached hydrogens (tertiary/aromatic N) is 1. The van der Waals surface area contributed by atoms with E-state index < -0.39 is 11.6 Å². The molecule has 2 N–H and O–H groups in total. The van der Waals surface area contributed by atoms with Gasteiger partial charge in [-0.2, -0.15) is 0 Å². The number of carbonyl (C=O) groups is 3. The fourth-order valence-corrected chi connectivity index (χ4v) is 4.57. The van der Waals surface area contributed by atoms with Gasteiger partial charge in [0.1, 0.15) is 12.1 Å². The Kier molecular flexibility index (Phi) is 5.74. The Hall–Kier alpha value is -2.37. The fourth-order valence-electron chi connectivity index (χ4n) is 4.57. The second-order valence-electron chi connectivity index (χ2n) is 9.75. The van der Waals surface area contributed by atoms with Crippen molar-refractivity contribution in [3.63, 3.8) is 0 Å². The predicted molar refractivity (Wildman–Crippen MR) is 112 cm³/mol. The predicted octanol–water partition coefficient (Wildman–Crippen LogP) is 3.45. The van der Waals surface area contributed by atoms with Crippen LogP contribution in [0, 0.1) is 25.2 Å². The zero-order chi connectivity index (χ0) is 21.4. The molecule has 2 fully saturated rings. The van der Waals surface area contributed by atoms with E-state index in [1.807, 2.05) is 26.0 Å². The maximum atomic E-state index is 13.0. The molecular formula is C23H33N3O3. The van der Waals surface area contributed by atoms with Gasteiger partial charge in [0.15, 0.2) is 0 Å². The highest BCUT2D eigenvalue weighted by molar-refractivity contribution is 6.09. The van der Waals surface area contributed by atoms with Crippen molar-refractivity contribution in [1.82, 2.24) is 15.5 Å². The third-order valence-electron chi connectivity index (χ3n) is 6.59. The van der Waals surface area contributed by atoms with Crippen LogP contribution < -0.4 is 10.6 Å². The van der Waals surface area contributed by atoms with Crippen molar-refractivity contribution in [1.29, 1.82) is 0 Å². The van der Waals surface area contributed by atoms with Gasteiger partial charge in [0.05, 0.1) is 0 Å². The summed E-state index contributed by atoms with van der Waals surface area (Å²) in [7, 11) is 0. The van der Waals surface area contributed by atoms with Gasteiger partial charge in [0, 0.05) is 6.54 Å². The Morgan fingerprint density at radius 1 is 1.21 bits per heavy atom. The van der Waals surface area contributed by atoms with Crippen molar-refractivity contribution < 1.29 is 14.4 Å². The molecule has 0 aromatic heterocycles. The number of amides is 4. The van der Waals surface area contributed by atoms with Crippen LogP contribution in [0.1, 0.15) is 63.1 Å². The molecule has 0 radical (unpaired) electrons. The van der Waals surface area contributed by atoms with E-state index in [-0.39, 0.29) is 23.8 Å². The number of hydrogen-bond acceptors (Lipinski definition) is 3. The topological polar surface area (TPSA) is 78.5 Å². The first-order valence-corrected chi connectivity index (χ1v) is 10.5. The average Bonchev–Trinajstić information content (AvgIpc) is 2.85. The van der Waals surface area contributed by atoms with Crippen LogP contribution in [0.25, 0.3) is 0 Å². The Balaban J connectivity index is 1.58. The van der Waals surface area contributed by atoms with E-state index in [9.17, 15) is 14.4 Å². The SMILES string of the molecule is Cc1ccc(CNC(=O)CN2C(=O)NC3(CCC(C(C)(C)C)CC3)C2=O)c(C)c1. The van der Waals surface area contributed by atoms with Crippen LogP contribution in [0.15, 0.2) is 18.2 Å². The first-order chi connectivity index (χ1) is 13.5. The summed E-state index contributed by atoms with van der Waals surface area (Å²) < 4.78 is 0. The van der Waals surface area contributed by atoms with Gasteiger partial charge in [-0.25, -0.2) is 4.79 Å². The minimum atomic E-state index is -0.827. The Morgan fingerprint density at radius 2 is 1.86 bits per heavy atom. The third kappa shape index (κ3) is 4.46. The van der Waals surface area contributed by atoms with E-state index in [4.69, 9.17) is 0 Å². The second-order valence-corrected chi connectivity index (χ2v) is 9.75. The number of imide groups is 1. The van der Waals surface area contributed by atoms with E-state index in [1.54, 1.807) is 0 Å². The van der Waals surface area contributed by atoms with Gasteiger partial charge in [-0.1, -0.05) is 44.5 Å². The Bertz CT molecular complexity index is 817. The van der Waals surface area contributed by atoms with Crippen LogP contribution >= 0.6 is 0 Å². The first kappa shape index (κ1) is 21.3. The Labute approximate surface area is 173 Å². The highest BCUT2D eigenvalue weighted by atomic mass is 16.2. The van der Waals surface area contributed by atoms with Crippen molar-refractivity contribution in [2.24, 2.45) is 11.3 Å². The van der Waals surface area contributed by atoms with Crippen LogP contribution in [0.5, 0.6) is 0 Å². The highest BCUT2D eigenvalue weighted by Gasteiger charge is 2.53. The van der Waals surface area contributed by atoms with Crippen LogP contribution in [0.2, 0.25) is 0 Å². The minimum Gasteiger partial charge on any atom is -0.350 e. The van der Waals surface area contributed by atoms with Crippen LogP contribution in [0.4, 0.5) is 4.79 Å². The average molecular weight is 400 g/mol. The van der Waals surface area contributed by atoms with Crippen LogP contribution in [0.3, 0.4) is 0 Å². The largest absolute Gasteiger partial charge is 0.350 e. The molecule has 0 bridgehead atoms. The number of carbonyl (C=O) groups excluding carboxylic acids is 3. The minimum absolute atomic E-state index is 0.195. The maximum absolute atomic E-state index is 13.0. The van der Waals surface area contributed by atoms with Gasteiger partial charge >= 0.3 is 6.03 Å². The number of nitrogens with one attached hydrogen (secondary N) is 2. The monoisotopic (exact) mass is 399 g/mol. The lowest BCUT2D eigenvalue weighted by Gasteiger charge is -2.40. The van der Waals surface area contributed by atoms with Gasteiger partial charge in [-0.15, -0.1) is 0 Å². The molecular weight excluding hydrogens is 366 g/mol. The molecule has 1 aliphatic carbocycles. The van der Waals surface area contributed by atoms with E-state index in [0.717, 1.165) is 28.9 Å². The number of rotatable bonds is 4. The van der Waals surface area contributed by atoms with Gasteiger partial charge in [0.2, 0.25) is 5.91 Å². The van der Waals surface area contributed by atoms with E-state index in [0.29, 0.717) is 25.3 Å². The summed E-state index contributed by atoms with van der Waals surface area (Å²) in [5.74, 6) is -0.0432. The van der Waals surface area contributed by atoms with Crippen molar-refractivity contribution in [3.05, 3.63) is 34.9 Å². The molecule has 0 unspecified atom stereocenters. The van der Waals surface area contributed by atoms with Gasteiger partial charge in [-0.3, -0.25) is 14.5 Å². The zero-order valence-electron chi connectivity index (χ0n) is 18.2. The molecule has 1 aliphatic heterocycles. The summed E-state index contributed by atoms with van der Waals surface area (Å²) in [6.07, 6.45) is 3.09. The summed E-state index contributed by atoms with van der Waals surface area (Å²) >= 11 is 0. The lowest BCUT2D eigenvalue weighted by atomic mass is 9.67. The summed E-state index contributed by atoms with van der Waals surface area (Å²) in [5, 5.41) is 5.73. The number of hydrogen-bond donors (Lipinski definition) is 2. The molecule has 1 spiro atoms. The highest BCUT2D eigenvalue weighted by Crippen LogP contribution is 2.43. The molecule has 1 aromatic carbocycles. The molecule has 2 aliphatic rings. The molecule has 1 heterocycles. The third-order valence-corrected chi connectivity index (χ3v) is 6.59. The summed E-state index contributed by atoms with van der Waals surface area (Å²) in [5.41, 5.74) is 2.67. The van der Waals surface area contributed by atoms with Gasteiger partial charge in [0.25, 0.3) is 5.91 Å². The summed E-state index contributed by atoms with van der Waals surface area (Å²) in [6.45, 7) is 10.8. The molecule has 6 heteroatoms. The molecule has 29 heavy (non-hydrogen) atoms. The van der Waals surface area contributed by atoms with Crippen molar-refractivity contribution in [2.45, 2.75) is 72.4 Å². The smallest absolute Gasteiger partial charge is 0.325 e. The fraction of sp³-hybridized carbons (Fsp3) is 0.609. The summed E-state index contributed by atoms with van der Waals surface area (Å²) in [4.78, 5) is 39.0. The summed E-state index contributed by atoms with van der Waals surface area (Å²) in [6, 6.07) is 5.60. The molecule has 6 nitrogen and oxygen atoms in total. The van der Waals surface area contributed by atoms with E-state index in [2.05, 4.69) is 37.5 Å². The van der Waals surface area contributed by atoms with Crippen molar-refractivity contribution >= 4 is 17.8 Å². The molecule has 1 aromatic rings. The molecule has 3 rings (SSSR count). The number of aryl methyl sites for hydroxylation is 2. The maximum Gasteiger partial charge on any atom is 0.325 e. The standard InChI is InChI=1S/C23H33N3O3/c1-15-6-7-17(16(2)12-15)13-24-19(27)14-26-20(28)23(25-21(26)29)10-8-18(9-11-23)22(3,4)5/h6-7,12,18H,8-11,13-14H2,1-5H3,(H,24,27)(H,25,29). The molecule has 1 saturated heterocycles. The normalized spacial score (nSPS) is 24.7. The number of benzene rings is 1. The first-order valence-electron chi connectivity index (χ1n) is 10.5. The van der Waals surface area contributed by atoms with Crippen LogP contribution in [-0.2, 0) is 16.1 Å². The zero-order valence-corrected chi connectivity index (χ0v) is 18.2. The van der Waals surface area contributed by atoms with E-state index in [1.165, 1.54) is 5.56 Å². The quantitative estimate of drug-likeness (QED) is 0.761. The molecule has 4 amide bonds.